The van der Waals surface area contributed by atoms with Crippen LogP contribution in [-0.4, -0.2) is 47.7 Å². The van der Waals surface area contributed by atoms with Gasteiger partial charge in [0, 0.05) is 24.0 Å². The zero-order valence-corrected chi connectivity index (χ0v) is 19.6. The lowest BCUT2D eigenvalue weighted by Gasteiger charge is -2.24. The van der Waals surface area contributed by atoms with E-state index in [2.05, 4.69) is 16.8 Å². The molecule has 188 valence electrons. The van der Waals surface area contributed by atoms with Crippen molar-refractivity contribution in [1.82, 2.24) is 9.88 Å². The summed E-state index contributed by atoms with van der Waals surface area (Å²) in [5, 5.41) is 10.6. The number of aromatic nitrogens is 1. The normalized spacial score (nSPS) is 17.7. The molecular formula is C27H24F4N2O3. The maximum atomic E-state index is 14.6. The number of benzene rings is 2. The quantitative estimate of drug-likeness (QED) is 0.283. The average Bonchev–Trinajstić information content (AvgIpc) is 3.28. The van der Waals surface area contributed by atoms with Crippen molar-refractivity contribution in [2.75, 3.05) is 26.7 Å². The van der Waals surface area contributed by atoms with Crippen LogP contribution in [0, 0.1) is 40.5 Å². The summed E-state index contributed by atoms with van der Waals surface area (Å²) in [5.41, 5.74) is 0.0937. The molecule has 1 aliphatic rings. The molecule has 3 aromatic rings. The fourth-order valence-corrected chi connectivity index (χ4v) is 4.65. The first-order valence-corrected chi connectivity index (χ1v) is 11.4. The van der Waals surface area contributed by atoms with Gasteiger partial charge in [-0.3, -0.25) is 14.7 Å². The highest BCUT2D eigenvalue weighted by Gasteiger charge is 2.44. The summed E-state index contributed by atoms with van der Waals surface area (Å²) in [6.07, 6.45) is 2.71. The molecule has 4 rings (SSSR count). The Hall–Kier alpha value is -3.64. The second-order valence-electron chi connectivity index (χ2n) is 8.92. The van der Waals surface area contributed by atoms with Crippen LogP contribution in [0.25, 0.3) is 10.9 Å². The number of rotatable bonds is 7. The highest BCUT2D eigenvalue weighted by Crippen LogP contribution is 2.36. The lowest BCUT2D eigenvalue weighted by Crippen LogP contribution is -2.35. The zero-order chi connectivity index (χ0) is 25.9. The molecule has 0 amide bonds. The second kappa shape index (κ2) is 10.5. The molecule has 9 heteroatoms. The summed E-state index contributed by atoms with van der Waals surface area (Å²) >= 11 is 0. The predicted molar refractivity (Wildman–Crippen MR) is 126 cm³/mol. The van der Waals surface area contributed by atoms with Gasteiger partial charge in [0.2, 0.25) is 0 Å². The topological polar surface area (TPSA) is 62.7 Å². The van der Waals surface area contributed by atoms with Crippen LogP contribution in [-0.2, 0) is 11.2 Å². The van der Waals surface area contributed by atoms with E-state index < -0.39 is 34.7 Å². The smallest absolute Gasteiger partial charge is 0.310 e. The zero-order valence-electron chi connectivity index (χ0n) is 19.6. The first-order valence-electron chi connectivity index (χ1n) is 11.4. The Labute approximate surface area is 205 Å². The monoisotopic (exact) mass is 500 g/mol. The number of hydrogen-bond acceptors (Lipinski definition) is 4. The van der Waals surface area contributed by atoms with Gasteiger partial charge in [0.05, 0.1) is 30.8 Å². The Morgan fingerprint density at radius 1 is 1.17 bits per heavy atom. The second-order valence-corrected chi connectivity index (χ2v) is 8.92. The number of hydrogen-bond donors (Lipinski definition) is 1. The van der Waals surface area contributed by atoms with Gasteiger partial charge in [-0.2, -0.15) is 0 Å². The molecule has 1 atom stereocenters. The number of aliphatic carboxylic acids is 1. The van der Waals surface area contributed by atoms with E-state index in [1.807, 2.05) is 4.90 Å². The fourth-order valence-electron chi connectivity index (χ4n) is 4.65. The number of aryl methyl sites for hydroxylation is 1. The number of fused-ring (bicyclic) bond motifs is 1. The molecule has 2 aromatic carbocycles. The maximum absolute atomic E-state index is 14.6. The van der Waals surface area contributed by atoms with Gasteiger partial charge in [0.1, 0.15) is 11.6 Å². The minimum atomic E-state index is -1.55. The highest BCUT2D eigenvalue weighted by molar-refractivity contribution is 5.83. The molecule has 36 heavy (non-hydrogen) atoms. The number of nitrogens with zero attached hydrogens (tertiary/aromatic N) is 2. The number of likely N-dealkylation sites (tertiary alicyclic amines) is 1. The summed E-state index contributed by atoms with van der Waals surface area (Å²) in [5.74, 6) is 0.383. The first kappa shape index (κ1) is 25.5. The third-order valence-electron chi connectivity index (χ3n) is 6.62. The largest absolute Gasteiger partial charge is 0.497 e. The molecule has 5 nitrogen and oxygen atoms in total. The van der Waals surface area contributed by atoms with Crippen molar-refractivity contribution < 1.29 is 32.2 Å². The van der Waals surface area contributed by atoms with Crippen molar-refractivity contribution in [3.8, 4) is 17.6 Å². The molecule has 0 bridgehead atoms. The Bertz CT molecular complexity index is 1350. The summed E-state index contributed by atoms with van der Waals surface area (Å²) in [6, 6.07) is 6.85. The van der Waals surface area contributed by atoms with E-state index in [9.17, 15) is 27.5 Å². The van der Waals surface area contributed by atoms with Gasteiger partial charge in [-0.15, -0.1) is 0 Å². The minimum Gasteiger partial charge on any atom is -0.497 e. The van der Waals surface area contributed by atoms with E-state index in [-0.39, 0.29) is 18.7 Å². The highest BCUT2D eigenvalue weighted by atomic mass is 19.2. The van der Waals surface area contributed by atoms with Gasteiger partial charge in [-0.25, -0.2) is 17.6 Å². The van der Waals surface area contributed by atoms with Crippen molar-refractivity contribution >= 4 is 16.9 Å². The molecule has 1 fully saturated rings. The van der Waals surface area contributed by atoms with Gasteiger partial charge in [-0.05, 0) is 61.6 Å². The molecule has 1 unspecified atom stereocenters. The summed E-state index contributed by atoms with van der Waals surface area (Å²) in [4.78, 5) is 18.2. The molecule has 1 aliphatic heterocycles. The molecule has 0 spiro atoms. The maximum Gasteiger partial charge on any atom is 0.310 e. The molecule has 0 radical (unpaired) electrons. The van der Waals surface area contributed by atoms with Gasteiger partial charge in [0.15, 0.2) is 17.5 Å². The third kappa shape index (κ3) is 5.29. The Balaban J connectivity index is 1.42. The molecule has 2 heterocycles. The third-order valence-corrected chi connectivity index (χ3v) is 6.62. The average molecular weight is 500 g/mol. The molecular weight excluding hydrogens is 476 g/mol. The van der Waals surface area contributed by atoms with Crippen LogP contribution < -0.4 is 4.74 Å². The van der Waals surface area contributed by atoms with Crippen LogP contribution >= 0.6 is 0 Å². The molecule has 0 saturated carbocycles. The number of methoxy groups -OCH3 is 1. The van der Waals surface area contributed by atoms with Gasteiger partial charge >= 0.3 is 5.97 Å². The fraction of sp³-hybridized carbons (Fsp3) is 0.333. The van der Waals surface area contributed by atoms with Crippen LogP contribution in [0.2, 0.25) is 0 Å². The van der Waals surface area contributed by atoms with E-state index in [4.69, 9.17) is 4.74 Å². The lowest BCUT2D eigenvalue weighted by atomic mass is 9.81. The van der Waals surface area contributed by atoms with Gasteiger partial charge < -0.3 is 9.84 Å². The van der Waals surface area contributed by atoms with Crippen LogP contribution in [0.4, 0.5) is 17.6 Å². The lowest BCUT2D eigenvalue weighted by molar-refractivity contribution is -0.148. The van der Waals surface area contributed by atoms with Crippen molar-refractivity contribution in [3.05, 3.63) is 70.9 Å². The standard InChI is InChI=1S/C27H24F4N2O3/c1-36-18-6-7-24-20(14-18)19(23(30)15-32-24)5-2-8-27(26(34)35)9-11-33(16-27)10-3-4-17-12-21(28)25(31)22(29)13-17/h6-7,12-15H,2,5,8-11,16H2,1H3,(H,34,35). The molecule has 1 aromatic heterocycles. The Morgan fingerprint density at radius 3 is 2.61 bits per heavy atom. The van der Waals surface area contributed by atoms with Crippen LogP contribution in [0.1, 0.15) is 30.4 Å². The van der Waals surface area contributed by atoms with E-state index in [0.29, 0.717) is 54.4 Å². The molecule has 0 aliphatic carbocycles. The van der Waals surface area contributed by atoms with Crippen LogP contribution in [0.15, 0.2) is 36.5 Å². The van der Waals surface area contributed by atoms with Gasteiger partial charge in [0.25, 0.3) is 0 Å². The molecule has 1 N–H and O–H groups in total. The van der Waals surface area contributed by atoms with E-state index in [1.54, 1.807) is 18.2 Å². The first-order chi connectivity index (χ1) is 17.2. The summed E-state index contributed by atoms with van der Waals surface area (Å²) < 4.78 is 59.7. The van der Waals surface area contributed by atoms with E-state index >= 15 is 0 Å². The number of carboxylic acids is 1. The van der Waals surface area contributed by atoms with Crippen molar-refractivity contribution in [3.63, 3.8) is 0 Å². The van der Waals surface area contributed by atoms with Crippen molar-refractivity contribution in [1.29, 1.82) is 0 Å². The van der Waals surface area contributed by atoms with Crippen LogP contribution in [0.3, 0.4) is 0 Å². The summed E-state index contributed by atoms with van der Waals surface area (Å²) in [7, 11) is 1.52. The van der Waals surface area contributed by atoms with Crippen molar-refractivity contribution in [2.24, 2.45) is 5.41 Å². The number of ether oxygens (including phenoxy) is 1. The van der Waals surface area contributed by atoms with Gasteiger partial charge in [-0.1, -0.05) is 11.8 Å². The predicted octanol–water partition coefficient (Wildman–Crippen LogP) is 4.95. The number of carbonyl (C=O) groups is 1. The van der Waals surface area contributed by atoms with Crippen molar-refractivity contribution in [2.45, 2.75) is 25.7 Å². The van der Waals surface area contributed by atoms with E-state index in [0.717, 1.165) is 12.1 Å². The SMILES string of the molecule is COc1ccc2ncc(F)c(CCCC3(C(=O)O)CCN(CC#Cc4cc(F)c(F)c(F)c4)C3)c2c1. The Morgan fingerprint density at radius 2 is 1.92 bits per heavy atom. The van der Waals surface area contributed by atoms with Crippen LogP contribution in [0.5, 0.6) is 5.75 Å². The minimum absolute atomic E-state index is 0.00155. The van der Waals surface area contributed by atoms with E-state index in [1.165, 1.54) is 13.3 Å². The Kier molecular flexibility index (Phi) is 7.45. The molecule has 1 saturated heterocycles. The number of halogens is 4. The number of pyridine rings is 1. The number of carboxylic acid groups (broad SMARTS) is 1. The summed E-state index contributed by atoms with van der Waals surface area (Å²) in [6.45, 7) is 0.923.